The van der Waals surface area contributed by atoms with Crippen LogP contribution in [0.15, 0.2) is 30.6 Å². The Morgan fingerprint density at radius 3 is 2.61 bits per heavy atom. The van der Waals surface area contributed by atoms with E-state index in [9.17, 15) is 10.1 Å². The topological polar surface area (TPSA) is 112 Å². The fourth-order valence-electron chi connectivity index (χ4n) is 2.82. The van der Waals surface area contributed by atoms with E-state index in [-0.39, 0.29) is 17.4 Å². The summed E-state index contributed by atoms with van der Waals surface area (Å²) in [4.78, 5) is 21.3. The zero-order valence-electron chi connectivity index (χ0n) is 15.7. The maximum Gasteiger partial charge on any atom is 0.373 e. The molecule has 0 saturated carbocycles. The number of nitro groups is 1. The van der Waals surface area contributed by atoms with Gasteiger partial charge in [0.25, 0.3) is 0 Å². The molecule has 1 fully saturated rings. The number of morpholine rings is 1. The van der Waals surface area contributed by atoms with Crippen molar-refractivity contribution in [3.05, 3.63) is 40.7 Å². The van der Waals surface area contributed by atoms with Crippen LogP contribution in [0, 0.1) is 10.1 Å². The van der Waals surface area contributed by atoms with Gasteiger partial charge in [0.1, 0.15) is 17.8 Å². The average molecular weight is 389 g/mol. The Morgan fingerprint density at radius 2 is 1.93 bits per heavy atom. The fraction of sp³-hybridized carbons (Fsp3) is 0.444. The van der Waals surface area contributed by atoms with Crippen molar-refractivity contribution in [2.24, 2.45) is 0 Å². The van der Waals surface area contributed by atoms with Gasteiger partial charge < -0.3 is 19.5 Å². The second kappa shape index (κ2) is 9.81. The second-order valence-corrected chi connectivity index (χ2v) is 6.15. The van der Waals surface area contributed by atoms with Crippen LogP contribution in [0.4, 0.5) is 11.5 Å². The molecule has 1 aromatic heterocycles. The van der Waals surface area contributed by atoms with Crippen LogP contribution in [-0.4, -0.2) is 66.3 Å². The van der Waals surface area contributed by atoms with Gasteiger partial charge in [0.05, 0.1) is 25.2 Å². The van der Waals surface area contributed by atoms with Gasteiger partial charge in [-0.1, -0.05) is 0 Å². The first-order valence-electron chi connectivity index (χ1n) is 9.02. The average Bonchev–Trinajstić information content (AvgIpc) is 2.72. The van der Waals surface area contributed by atoms with Gasteiger partial charge in [0.15, 0.2) is 0 Å². The highest BCUT2D eigenvalue weighted by Gasteiger charge is 2.25. The minimum absolute atomic E-state index is 0.110. The standard InChI is InChI=1S/C18H23N5O5/c1-26-14-3-5-15(6-4-14)28-18-16(23(24)25)17(20-13-21-18)19-7-2-8-22-9-11-27-12-10-22/h3-6,13H,2,7-12H2,1H3,(H,19,20,21). The molecule has 1 N–H and O–H groups in total. The van der Waals surface area contributed by atoms with Crippen LogP contribution < -0.4 is 14.8 Å². The molecule has 10 heteroatoms. The Hall–Kier alpha value is -2.98. The first-order valence-corrected chi connectivity index (χ1v) is 9.02. The van der Waals surface area contributed by atoms with Gasteiger partial charge in [-0.25, -0.2) is 4.98 Å². The van der Waals surface area contributed by atoms with Crippen LogP contribution in [0.5, 0.6) is 17.4 Å². The molecule has 1 aliphatic rings. The van der Waals surface area contributed by atoms with Crippen molar-refractivity contribution in [3.8, 4) is 17.4 Å². The van der Waals surface area contributed by atoms with E-state index >= 15 is 0 Å². The van der Waals surface area contributed by atoms with Crippen LogP contribution in [0.3, 0.4) is 0 Å². The molecule has 1 saturated heterocycles. The van der Waals surface area contributed by atoms with Crippen molar-refractivity contribution in [3.63, 3.8) is 0 Å². The van der Waals surface area contributed by atoms with Crippen LogP contribution >= 0.6 is 0 Å². The molecule has 150 valence electrons. The summed E-state index contributed by atoms with van der Waals surface area (Å²) in [7, 11) is 1.56. The molecule has 0 unspecified atom stereocenters. The van der Waals surface area contributed by atoms with Crippen LogP contribution in [0.1, 0.15) is 6.42 Å². The molecule has 0 radical (unpaired) electrons. The summed E-state index contributed by atoms with van der Waals surface area (Å²) >= 11 is 0. The summed E-state index contributed by atoms with van der Waals surface area (Å²) in [5.41, 5.74) is -0.287. The summed E-state index contributed by atoms with van der Waals surface area (Å²) in [6, 6.07) is 6.71. The predicted octanol–water partition coefficient (Wildman–Crippen LogP) is 2.32. The molecule has 0 amide bonds. The Bertz CT molecular complexity index is 780. The van der Waals surface area contributed by atoms with E-state index in [1.54, 1.807) is 31.4 Å². The third-order valence-corrected chi connectivity index (χ3v) is 4.29. The molecule has 2 heterocycles. The maximum absolute atomic E-state index is 11.6. The van der Waals surface area contributed by atoms with Gasteiger partial charge in [-0.15, -0.1) is 0 Å². The molecule has 3 rings (SSSR count). The third-order valence-electron chi connectivity index (χ3n) is 4.29. The van der Waals surface area contributed by atoms with Crippen molar-refractivity contribution in [1.29, 1.82) is 0 Å². The molecule has 1 aliphatic heterocycles. The zero-order valence-corrected chi connectivity index (χ0v) is 15.7. The molecule has 10 nitrogen and oxygen atoms in total. The number of benzene rings is 1. The Kier molecular flexibility index (Phi) is 6.93. The quantitative estimate of drug-likeness (QED) is 0.392. The van der Waals surface area contributed by atoms with Gasteiger partial charge >= 0.3 is 11.6 Å². The SMILES string of the molecule is COc1ccc(Oc2ncnc(NCCCN3CCOCC3)c2[N+](=O)[O-])cc1. The largest absolute Gasteiger partial charge is 0.497 e. The highest BCUT2D eigenvalue weighted by molar-refractivity contribution is 5.61. The number of hydrogen-bond acceptors (Lipinski definition) is 9. The number of rotatable bonds is 9. The number of hydrogen-bond donors (Lipinski definition) is 1. The van der Waals surface area contributed by atoms with E-state index in [0.717, 1.165) is 39.3 Å². The number of ether oxygens (including phenoxy) is 3. The Morgan fingerprint density at radius 1 is 1.21 bits per heavy atom. The molecular formula is C18H23N5O5. The van der Waals surface area contributed by atoms with Gasteiger partial charge in [0, 0.05) is 19.6 Å². The number of aromatic nitrogens is 2. The first kappa shape index (κ1) is 19.8. The molecule has 1 aromatic carbocycles. The lowest BCUT2D eigenvalue weighted by Gasteiger charge is -2.26. The highest BCUT2D eigenvalue weighted by atomic mass is 16.6. The second-order valence-electron chi connectivity index (χ2n) is 6.15. The molecule has 28 heavy (non-hydrogen) atoms. The van der Waals surface area contributed by atoms with Gasteiger partial charge in [0.2, 0.25) is 5.82 Å². The lowest BCUT2D eigenvalue weighted by molar-refractivity contribution is -0.385. The Balaban J connectivity index is 1.63. The van der Waals surface area contributed by atoms with Crippen LogP contribution in [0.25, 0.3) is 0 Å². The lowest BCUT2D eigenvalue weighted by atomic mass is 10.3. The molecule has 0 bridgehead atoms. The van der Waals surface area contributed by atoms with Gasteiger partial charge in [-0.05, 0) is 37.2 Å². The summed E-state index contributed by atoms with van der Waals surface area (Å²) in [6.45, 7) is 4.76. The number of nitrogens with one attached hydrogen (secondary N) is 1. The summed E-state index contributed by atoms with van der Waals surface area (Å²) in [5.74, 6) is 1.11. The van der Waals surface area contributed by atoms with Crippen molar-refractivity contribution < 1.29 is 19.1 Å². The van der Waals surface area contributed by atoms with Crippen molar-refractivity contribution in [2.45, 2.75) is 6.42 Å². The summed E-state index contributed by atoms with van der Waals surface area (Å²) in [6.07, 6.45) is 2.08. The fourth-order valence-corrected chi connectivity index (χ4v) is 2.82. The molecular weight excluding hydrogens is 366 g/mol. The molecule has 0 spiro atoms. The minimum atomic E-state index is -0.539. The van der Waals surface area contributed by atoms with Crippen molar-refractivity contribution in [2.75, 3.05) is 51.8 Å². The van der Waals surface area contributed by atoms with Gasteiger partial charge in [-0.3, -0.25) is 15.0 Å². The van der Waals surface area contributed by atoms with E-state index in [2.05, 4.69) is 20.2 Å². The first-order chi connectivity index (χ1) is 13.7. The van der Waals surface area contributed by atoms with Crippen LogP contribution in [-0.2, 0) is 4.74 Å². The third kappa shape index (κ3) is 5.27. The minimum Gasteiger partial charge on any atom is -0.497 e. The molecule has 2 aromatic rings. The monoisotopic (exact) mass is 389 g/mol. The van der Waals surface area contributed by atoms with Crippen LogP contribution in [0.2, 0.25) is 0 Å². The number of anilines is 1. The number of methoxy groups -OCH3 is 1. The Labute approximate surface area is 162 Å². The summed E-state index contributed by atoms with van der Waals surface area (Å²) < 4.78 is 16.0. The smallest absolute Gasteiger partial charge is 0.373 e. The van der Waals surface area contributed by atoms with E-state index in [1.165, 1.54) is 6.33 Å². The predicted molar refractivity (Wildman–Crippen MR) is 102 cm³/mol. The molecule has 0 atom stereocenters. The van der Waals surface area contributed by atoms with Crippen molar-refractivity contribution in [1.82, 2.24) is 14.9 Å². The highest BCUT2D eigenvalue weighted by Crippen LogP contribution is 2.34. The lowest BCUT2D eigenvalue weighted by Crippen LogP contribution is -2.37. The summed E-state index contributed by atoms with van der Waals surface area (Å²) in [5, 5.41) is 14.6. The zero-order chi connectivity index (χ0) is 19.8. The van der Waals surface area contributed by atoms with E-state index < -0.39 is 4.92 Å². The van der Waals surface area contributed by atoms with E-state index in [1.807, 2.05) is 0 Å². The number of nitrogens with zero attached hydrogens (tertiary/aromatic N) is 4. The van der Waals surface area contributed by atoms with Gasteiger partial charge in [-0.2, -0.15) is 4.98 Å². The normalized spacial score (nSPS) is 14.5. The molecule has 0 aliphatic carbocycles. The van der Waals surface area contributed by atoms with E-state index in [0.29, 0.717) is 18.0 Å². The maximum atomic E-state index is 11.6. The van der Waals surface area contributed by atoms with Crippen molar-refractivity contribution >= 4 is 11.5 Å². The van der Waals surface area contributed by atoms with E-state index in [4.69, 9.17) is 14.2 Å².